The summed E-state index contributed by atoms with van der Waals surface area (Å²) >= 11 is 0. The highest BCUT2D eigenvalue weighted by Gasteiger charge is 2.23. The van der Waals surface area contributed by atoms with Crippen molar-refractivity contribution in [1.82, 2.24) is 9.88 Å². The highest BCUT2D eigenvalue weighted by Crippen LogP contribution is 2.24. The largest absolute Gasteiger partial charge is 0.343 e. The molecule has 1 aromatic carbocycles. The summed E-state index contributed by atoms with van der Waals surface area (Å²) in [5.74, 6) is 0.936. The smallest absolute Gasteiger partial charge is 0.198 e. The topological polar surface area (TPSA) is 66.5 Å². The van der Waals surface area contributed by atoms with Crippen LogP contribution in [0.1, 0.15) is 55.0 Å². The Labute approximate surface area is 181 Å². The van der Waals surface area contributed by atoms with Crippen molar-refractivity contribution in [2.45, 2.75) is 71.9 Å². The molecule has 0 unspecified atom stereocenters. The van der Waals surface area contributed by atoms with Gasteiger partial charge in [-0.2, -0.15) is 0 Å². The van der Waals surface area contributed by atoms with Gasteiger partial charge < -0.3 is 16.0 Å². The van der Waals surface area contributed by atoms with Crippen LogP contribution >= 0.6 is 0 Å². The van der Waals surface area contributed by atoms with E-state index in [4.69, 9.17) is 10.7 Å². The molecule has 1 aliphatic carbocycles. The van der Waals surface area contributed by atoms with E-state index >= 15 is 0 Å². The molecule has 3 N–H and O–H groups in total. The van der Waals surface area contributed by atoms with Crippen molar-refractivity contribution >= 4 is 11.6 Å². The molecule has 0 saturated heterocycles. The van der Waals surface area contributed by atoms with Gasteiger partial charge in [-0.05, 0) is 63.8 Å². The van der Waals surface area contributed by atoms with Gasteiger partial charge >= 0.3 is 0 Å². The third-order valence-electron chi connectivity index (χ3n) is 6.03. The molecule has 1 aliphatic rings. The SMILES string of the molecule is CCN(CCc1ccccn1)C(=N[C@H]1CCCC[C@@H]1N)Nc1c(C)cc(C)cc1C. The minimum absolute atomic E-state index is 0.144. The number of aromatic nitrogens is 1. The van der Waals surface area contributed by atoms with Crippen molar-refractivity contribution in [3.8, 4) is 0 Å². The molecule has 1 heterocycles. The molecule has 1 saturated carbocycles. The predicted molar refractivity (Wildman–Crippen MR) is 127 cm³/mol. The summed E-state index contributed by atoms with van der Waals surface area (Å²) in [7, 11) is 0. The van der Waals surface area contributed by atoms with Gasteiger partial charge in [0, 0.05) is 43.1 Å². The number of rotatable bonds is 6. The fraction of sp³-hybridized carbons (Fsp3) is 0.520. The first kappa shape index (κ1) is 22.3. The minimum atomic E-state index is 0.144. The Kier molecular flexibility index (Phi) is 7.86. The molecule has 1 aromatic heterocycles. The molecule has 162 valence electrons. The second kappa shape index (κ2) is 10.6. The van der Waals surface area contributed by atoms with Gasteiger partial charge in [0.15, 0.2) is 5.96 Å². The number of nitrogens with one attached hydrogen (secondary N) is 1. The van der Waals surface area contributed by atoms with Crippen LogP contribution in [0.4, 0.5) is 5.69 Å². The number of nitrogens with zero attached hydrogens (tertiary/aromatic N) is 3. The third kappa shape index (κ3) is 5.82. The second-order valence-corrected chi connectivity index (χ2v) is 8.52. The molecule has 5 heteroatoms. The van der Waals surface area contributed by atoms with Crippen molar-refractivity contribution in [2.24, 2.45) is 10.7 Å². The van der Waals surface area contributed by atoms with Crippen LogP contribution in [-0.4, -0.2) is 41.0 Å². The van der Waals surface area contributed by atoms with E-state index in [2.05, 4.69) is 61.1 Å². The molecule has 0 aliphatic heterocycles. The number of anilines is 1. The van der Waals surface area contributed by atoms with Crippen molar-refractivity contribution in [3.63, 3.8) is 0 Å². The van der Waals surface area contributed by atoms with Crippen molar-refractivity contribution in [1.29, 1.82) is 0 Å². The number of likely N-dealkylation sites (N-methyl/N-ethyl adjacent to an activating group) is 1. The molecule has 0 amide bonds. The summed E-state index contributed by atoms with van der Waals surface area (Å²) in [6.45, 7) is 10.4. The Hall–Kier alpha value is -2.40. The van der Waals surface area contributed by atoms with Gasteiger partial charge in [0.2, 0.25) is 0 Å². The number of nitrogens with two attached hydrogens (primary N) is 1. The Bertz CT molecular complexity index is 823. The summed E-state index contributed by atoms with van der Waals surface area (Å²) in [5.41, 5.74) is 12.5. The standard InChI is InChI=1S/C25H37N5/c1-5-30(15-13-21-10-8-9-14-27-21)25(28-23-12-7-6-11-22(23)26)29-24-19(3)16-18(2)17-20(24)4/h8-10,14,16-17,22-23H,5-7,11-13,15,26H2,1-4H3,(H,28,29)/t22-,23-/m0/s1. The van der Waals surface area contributed by atoms with E-state index in [-0.39, 0.29) is 12.1 Å². The van der Waals surface area contributed by atoms with E-state index in [0.29, 0.717) is 0 Å². The summed E-state index contributed by atoms with van der Waals surface area (Å²) in [6, 6.07) is 10.9. The van der Waals surface area contributed by atoms with Gasteiger partial charge in [-0.25, -0.2) is 4.99 Å². The first-order chi connectivity index (χ1) is 14.5. The van der Waals surface area contributed by atoms with E-state index in [1.54, 1.807) is 0 Å². The molecule has 0 radical (unpaired) electrons. The predicted octanol–water partition coefficient (Wildman–Crippen LogP) is 4.61. The van der Waals surface area contributed by atoms with Gasteiger partial charge in [0.1, 0.15) is 0 Å². The zero-order chi connectivity index (χ0) is 21.5. The molecule has 0 bridgehead atoms. The van der Waals surface area contributed by atoms with Gasteiger partial charge in [0.25, 0.3) is 0 Å². The maximum atomic E-state index is 6.44. The van der Waals surface area contributed by atoms with Crippen LogP contribution in [0.15, 0.2) is 41.5 Å². The fourth-order valence-corrected chi connectivity index (χ4v) is 4.35. The van der Waals surface area contributed by atoms with E-state index in [0.717, 1.165) is 49.7 Å². The summed E-state index contributed by atoms with van der Waals surface area (Å²) in [4.78, 5) is 12.0. The van der Waals surface area contributed by atoms with Gasteiger partial charge in [-0.3, -0.25) is 4.98 Å². The van der Waals surface area contributed by atoms with Gasteiger partial charge in [-0.1, -0.05) is 36.6 Å². The molecular weight excluding hydrogens is 370 g/mol. The maximum absolute atomic E-state index is 6.44. The number of hydrogen-bond donors (Lipinski definition) is 2. The van der Waals surface area contributed by atoms with Crippen molar-refractivity contribution in [3.05, 3.63) is 58.9 Å². The number of benzene rings is 1. The lowest BCUT2D eigenvalue weighted by Gasteiger charge is -2.31. The number of pyridine rings is 1. The third-order valence-corrected chi connectivity index (χ3v) is 6.03. The highest BCUT2D eigenvalue weighted by molar-refractivity contribution is 5.95. The van der Waals surface area contributed by atoms with Gasteiger partial charge in [0.05, 0.1) is 6.04 Å². The maximum Gasteiger partial charge on any atom is 0.198 e. The molecule has 0 spiro atoms. The number of guanidine groups is 1. The molecule has 3 rings (SSSR count). The Balaban J connectivity index is 1.87. The van der Waals surface area contributed by atoms with Crippen molar-refractivity contribution in [2.75, 3.05) is 18.4 Å². The highest BCUT2D eigenvalue weighted by atomic mass is 15.3. The summed E-state index contributed by atoms with van der Waals surface area (Å²) in [6.07, 6.45) is 7.29. The van der Waals surface area contributed by atoms with Crippen LogP contribution < -0.4 is 11.1 Å². The van der Waals surface area contributed by atoms with Crippen LogP contribution in [0.3, 0.4) is 0 Å². The zero-order valence-corrected chi connectivity index (χ0v) is 19.0. The lowest BCUT2D eigenvalue weighted by atomic mass is 9.91. The molecule has 2 aromatic rings. The fourth-order valence-electron chi connectivity index (χ4n) is 4.35. The average Bonchev–Trinajstić information content (AvgIpc) is 2.73. The Morgan fingerprint density at radius 3 is 2.53 bits per heavy atom. The molecule has 1 fully saturated rings. The second-order valence-electron chi connectivity index (χ2n) is 8.52. The Morgan fingerprint density at radius 2 is 1.90 bits per heavy atom. The summed E-state index contributed by atoms with van der Waals surface area (Å²) in [5, 5.41) is 3.70. The molecule has 30 heavy (non-hydrogen) atoms. The van der Waals surface area contributed by atoms with E-state index in [1.807, 2.05) is 18.3 Å². The molecule has 5 nitrogen and oxygen atoms in total. The van der Waals surface area contributed by atoms with Crippen molar-refractivity contribution < 1.29 is 0 Å². The summed E-state index contributed by atoms with van der Waals surface area (Å²) < 4.78 is 0. The van der Waals surface area contributed by atoms with E-state index in [9.17, 15) is 0 Å². The first-order valence-corrected chi connectivity index (χ1v) is 11.3. The number of aliphatic imine (C=N–C) groups is 1. The normalized spacial score (nSPS) is 19.6. The quantitative estimate of drug-likeness (QED) is 0.542. The number of hydrogen-bond acceptors (Lipinski definition) is 3. The van der Waals surface area contributed by atoms with E-state index < -0.39 is 0 Å². The van der Waals surface area contributed by atoms with Crippen LogP contribution in [0, 0.1) is 20.8 Å². The van der Waals surface area contributed by atoms with E-state index in [1.165, 1.54) is 29.5 Å². The van der Waals surface area contributed by atoms with Crippen LogP contribution in [-0.2, 0) is 6.42 Å². The minimum Gasteiger partial charge on any atom is -0.343 e. The zero-order valence-electron chi connectivity index (χ0n) is 19.0. The monoisotopic (exact) mass is 407 g/mol. The average molecular weight is 408 g/mol. The first-order valence-electron chi connectivity index (χ1n) is 11.3. The van der Waals surface area contributed by atoms with Gasteiger partial charge in [-0.15, -0.1) is 0 Å². The van der Waals surface area contributed by atoms with Crippen LogP contribution in [0.2, 0.25) is 0 Å². The lowest BCUT2D eigenvalue weighted by Crippen LogP contribution is -2.43. The molecular formula is C25H37N5. The number of aryl methyl sites for hydroxylation is 3. The van der Waals surface area contributed by atoms with Crippen LogP contribution in [0.5, 0.6) is 0 Å². The Morgan fingerprint density at radius 1 is 1.17 bits per heavy atom. The molecule has 2 atom stereocenters. The lowest BCUT2D eigenvalue weighted by molar-refractivity contribution is 0.375. The van der Waals surface area contributed by atoms with Crippen LogP contribution in [0.25, 0.3) is 0 Å².